The van der Waals surface area contributed by atoms with Crippen molar-refractivity contribution in [3.8, 4) is 0 Å². The topological polar surface area (TPSA) is 90.0 Å². The number of nitrogens with zero attached hydrogens (tertiary/aromatic N) is 1. The van der Waals surface area contributed by atoms with E-state index in [0.717, 1.165) is 12.1 Å². The highest BCUT2D eigenvalue weighted by Gasteiger charge is 2.30. The van der Waals surface area contributed by atoms with Crippen molar-refractivity contribution in [1.29, 1.82) is 0 Å². The molecule has 2 aromatic carbocycles. The maximum atomic E-state index is 12.7. The zero-order valence-electron chi connectivity index (χ0n) is 15.4. The molecule has 152 valence electrons. The van der Waals surface area contributed by atoms with E-state index in [0.29, 0.717) is 22.4 Å². The van der Waals surface area contributed by atoms with Crippen molar-refractivity contribution in [3.63, 3.8) is 0 Å². The van der Waals surface area contributed by atoms with E-state index in [1.807, 2.05) is 0 Å². The van der Waals surface area contributed by atoms with Crippen molar-refractivity contribution < 1.29 is 23.1 Å². The molecule has 0 saturated heterocycles. The average Bonchev–Trinajstić information content (AvgIpc) is 3.19. The van der Waals surface area contributed by atoms with Gasteiger partial charge in [0.1, 0.15) is 6.10 Å². The van der Waals surface area contributed by atoms with Gasteiger partial charge >= 0.3 is 6.18 Å². The highest BCUT2D eigenvalue weighted by atomic mass is 19.4. The standard InChI is InChI=1S/C20H19F3N4O2/c1-24-19(29)17-13(11-26-27-17)10-25-16-5-3-2-4-15(16)18(28)12-6-8-14(9-7-12)20(21,22)23/h2-9,11,18,25,28H,10H2,1H3,(H,24,29)(H,26,27). The van der Waals surface area contributed by atoms with Crippen molar-refractivity contribution in [2.75, 3.05) is 12.4 Å². The zero-order valence-corrected chi connectivity index (χ0v) is 15.4. The first-order chi connectivity index (χ1) is 13.8. The molecule has 9 heteroatoms. The summed E-state index contributed by atoms with van der Waals surface area (Å²) in [4.78, 5) is 11.8. The maximum absolute atomic E-state index is 12.7. The molecule has 0 fully saturated rings. The fourth-order valence-electron chi connectivity index (χ4n) is 2.89. The number of aromatic nitrogens is 2. The molecule has 1 amide bonds. The van der Waals surface area contributed by atoms with Gasteiger partial charge in [-0.05, 0) is 23.8 Å². The minimum Gasteiger partial charge on any atom is -0.384 e. The number of halogens is 3. The van der Waals surface area contributed by atoms with Crippen molar-refractivity contribution in [2.24, 2.45) is 0 Å². The summed E-state index contributed by atoms with van der Waals surface area (Å²) in [5.74, 6) is -0.332. The van der Waals surface area contributed by atoms with Gasteiger partial charge in [0.05, 0.1) is 5.56 Å². The van der Waals surface area contributed by atoms with Gasteiger partial charge in [-0.25, -0.2) is 0 Å². The van der Waals surface area contributed by atoms with Crippen LogP contribution in [0, 0.1) is 0 Å². The van der Waals surface area contributed by atoms with E-state index in [-0.39, 0.29) is 18.1 Å². The van der Waals surface area contributed by atoms with Crippen molar-refractivity contribution in [2.45, 2.75) is 18.8 Å². The number of carbonyl (C=O) groups is 1. The SMILES string of the molecule is CNC(=O)c1n[nH]cc1CNc1ccccc1C(O)c1ccc(C(F)(F)F)cc1. The minimum absolute atomic E-state index is 0.251. The molecule has 1 unspecified atom stereocenters. The second-order valence-electron chi connectivity index (χ2n) is 6.30. The Bertz CT molecular complexity index is 984. The molecule has 0 aliphatic carbocycles. The summed E-state index contributed by atoms with van der Waals surface area (Å²) < 4.78 is 38.2. The van der Waals surface area contributed by atoms with Crippen LogP contribution in [-0.2, 0) is 12.7 Å². The quantitative estimate of drug-likeness (QED) is 0.506. The summed E-state index contributed by atoms with van der Waals surface area (Å²) in [6.07, 6.45) is -3.97. The first-order valence-corrected chi connectivity index (χ1v) is 8.74. The summed E-state index contributed by atoms with van der Waals surface area (Å²) in [5.41, 5.74) is 1.52. The summed E-state index contributed by atoms with van der Waals surface area (Å²) in [7, 11) is 1.50. The van der Waals surface area contributed by atoms with Crippen LogP contribution in [0.1, 0.15) is 38.8 Å². The second-order valence-corrected chi connectivity index (χ2v) is 6.30. The molecule has 6 nitrogen and oxygen atoms in total. The molecular weight excluding hydrogens is 385 g/mol. The van der Waals surface area contributed by atoms with Crippen LogP contribution in [0.2, 0.25) is 0 Å². The van der Waals surface area contributed by atoms with Gasteiger partial charge in [-0.2, -0.15) is 18.3 Å². The number of benzene rings is 2. The number of H-pyrrole nitrogens is 1. The Morgan fingerprint density at radius 1 is 1.17 bits per heavy atom. The number of hydrogen-bond acceptors (Lipinski definition) is 4. The highest BCUT2D eigenvalue weighted by Crippen LogP contribution is 2.32. The third-order valence-electron chi connectivity index (χ3n) is 4.44. The van der Waals surface area contributed by atoms with Crippen LogP contribution in [0.3, 0.4) is 0 Å². The molecule has 0 radical (unpaired) electrons. The number of rotatable bonds is 6. The van der Waals surface area contributed by atoms with Crippen LogP contribution in [0.5, 0.6) is 0 Å². The summed E-state index contributed by atoms with van der Waals surface area (Å²) in [6, 6.07) is 11.3. The van der Waals surface area contributed by atoms with E-state index in [1.54, 1.807) is 30.5 Å². The van der Waals surface area contributed by atoms with Crippen LogP contribution in [0.4, 0.5) is 18.9 Å². The molecule has 0 saturated carbocycles. The molecule has 0 spiro atoms. The lowest BCUT2D eigenvalue weighted by Gasteiger charge is -2.18. The monoisotopic (exact) mass is 404 g/mol. The van der Waals surface area contributed by atoms with E-state index in [4.69, 9.17) is 0 Å². The third-order valence-corrected chi connectivity index (χ3v) is 4.44. The predicted octanol–water partition coefficient (Wildman–Crippen LogP) is 3.48. The van der Waals surface area contributed by atoms with E-state index in [1.165, 1.54) is 19.2 Å². The molecular formula is C20H19F3N4O2. The largest absolute Gasteiger partial charge is 0.416 e. The van der Waals surface area contributed by atoms with Gasteiger partial charge in [0.15, 0.2) is 5.69 Å². The van der Waals surface area contributed by atoms with E-state index in [2.05, 4.69) is 20.8 Å². The van der Waals surface area contributed by atoms with Crippen LogP contribution in [-0.4, -0.2) is 28.3 Å². The van der Waals surface area contributed by atoms with Crippen LogP contribution < -0.4 is 10.6 Å². The Kier molecular flexibility index (Phi) is 5.88. The number of para-hydroxylation sites is 1. The first-order valence-electron chi connectivity index (χ1n) is 8.74. The molecule has 0 bridgehead atoms. The number of hydrogen-bond donors (Lipinski definition) is 4. The number of aromatic amines is 1. The van der Waals surface area contributed by atoms with Crippen LogP contribution in [0.15, 0.2) is 54.7 Å². The fraction of sp³-hybridized carbons (Fsp3) is 0.200. The van der Waals surface area contributed by atoms with E-state index < -0.39 is 17.8 Å². The van der Waals surface area contributed by atoms with Crippen molar-refractivity contribution >= 4 is 11.6 Å². The molecule has 1 atom stereocenters. The smallest absolute Gasteiger partial charge is 0.384 e. The highest BCUT2D eigenvalue weighted by molar-refractivity contribution is 5.93. The molecule has 3 rings (SSSR count). The molecule has 1 heterocycles. The molecule has 29 heavy (non-hydrogen) atoms. The number of alkyl halides is 3. The summed E-state index contributed by atoms with van der Waals surface area (Å²) in [5, 5.41) is 22.9. The average molecular weight is 404 g/mol. The Balaban J connectivity index is 1.80. The Hall–Kier alpha value is -3.33. The van der Waals surface area contributed by atoms with E-state index in [9.17, 15) is 23.1 Å². The fourth-order valence-corrected chi connectivity index (χ4v) is 2.89. The van der Waals surface area contributed by atoms with Gasteiger partial charge in [0.2, 0.25) is 0 Å². The minimum atomic E-state index is -4.43. The molecule has 0 aliphatic heterocycles. The number of carbonyl (C=O) groups excluding carboxylic acids is 1. The predicted molar refractivity (Wildman–Crippen MR) is 101 cm³/mol. The Morgan fingerprint density at radius 2 is 1.86 bits per heavy atom. The number of amides is 1. The van der Waals surface area contributed by atoms with Crippen LogP contribution in [0.25, 0.3) is 0 Å². The molecule has 1 aromatic heterocycles. The number of anilines is 1. The zero-order chi connectivity index (χ0) is 21.0. The van der Waals surface area contributed by atoms with Gasteiger partial charge in [0.25, 0.3) is 5.91 Å². The molecule has 0 aliphatic rings. The van der Waals surface area contributed by atoms with E-state index >= 15 is 0 Å². The summed E-state index contributed by atoms with van der Waals surface area (Å²) in [6.45, 7) is 0.260. The number of nitrogens with one attached hydrogen (secondary N) is 3. The van der Waals surface area contributed by atoms with Crippen LogP contribution >= 0.6 is 0 Å². The van der Waals surface area contributed by atoms with Gasteiger partial charge < -0.3 is 15.7 Å². The maximum Gasteiger partial charge on any atom is 0.416 e. The third kappa shape index (κ3) is 4.57. The van der Waals surface area contributed by atoms with Crippen molar-refractivity contribution in [3.05, 3.63) is 82.7 Å². The Labute approximate surface area is 164 Å². The normalized spacial score (nSPS) is 12.4. The number of aliphatic hydroxyl groups excluding tert-OH is 1. The van der Waals surface area contributed by atoms with Gasteiger partial charge in [-0.3, -0.25) is 9.89 Å². The van der Waals surface area contributed by atoms with Crippen molar-refractivity contribution in [1.82, 2.24) is 15.5 Å². The lowest BCUT2D eigenvalue weighted by Crippen LogP contribution is -2.20. The first kappa shape index (κ1) is 20.4. The van der Waals surface area contributed by atoms with Gasteiger partial charge in [-0.15, -0.1) is 0 Å². The summed E-state index contributed by atoms with van der Waals surface area (Å²) >= 11 is 0. The Morgan fingerprint density at radius 3 is 2.52 bits per heavy atom. The molecule has 4 N–H and O–H groups in total. The molecule has 3 aromatic rings. The lowest BCUT2D eigenvalue weighted by molar-refractivity contribution is -0.137. The number of aliphatic hydroxyl groups is 1. The van der Waals surface area contributed by atoms with Gasteiger partial charge in [-0.1, -0.05) is 30.3 Å². The second kappa shape index (κ2) is 8.36. The van der Waals surface area contributed by atoms with Gasteiger partial charge in [0, 0.05) is 36.6 Å². The lowest BCUT2D eigenvalue weighted by atomic mass is 9.98.